The number of hydrogen-bond acceptors (Lipinski definition) is 4. The Balaban J connectivity index is 2.55. The van der Waals surface area contributed by atoms with Crippen LogP contribution >= 0.6 is 0 Å². The first-order valence-corrected chi connectivity index (χ1v) is 6.96. The number of nitrogens with one attached hydrogen (secondary N) is 1. The zero-order valence-corrected chi connectivity index (χ0v) is 10.4. The monoisotopic (exact) mass is 235 g/mol. The topological polar surface area (TPSA) is 52.6 Å². The van der Waals surface area contributed by atoms with E-state index in [0.29, 0.717) is 19.5 Å². The highest BCUT2D eigenvalue weighted by Gasteiger charge is 2.22. The van der Waals surface area contributed by atoms with E-state index in [2.05, 4.69) is 5.32 Å². The first kappa shape index (κ1) is 12.9. The molecule has 0 bridgehead atoms. The van der Waals surface area contributed by atoms with E-state index in [1.54, 1.807) is 4.31 Å². The molecule has 5 nitrogen and oxygen atoms in total. The van der Waals surface area contributed by atoms with Crippen LogP contribution < -0.4 is 5.32 Å². The summed E-state index contributed by atoms with van der Waals surface area (Å²) in [5.41, 5.74) is 0. The summed E-state index contributed by atoms with van der Waals surface area (Å²) in [5, 5.41) is 3.22. The van der Waals surface area contributed by atoms with Crippen molar-refractivity contribution in [3.05, 3.63) is 0 Å². The summed E-state index contributed by atoms with van der Waals surface area (Å²) in [4.78, 5) is 2.00. The van der Waals surface area contributed by atoms with Crippen molar-refractivity contribution in [2.45, 2.75) is 6.42 Å². The van der Waals surface area contributed by atoms with Crippen LogP contribution in [0.1, 0.15) is 6.42 Å². The Morgan fingerprint density at radius 2 is 2.07 bits per heavy atom. The number of rotatable bonds is 3. The van der Waals surface area contributed by atoms with E-state index in [9.17, 15) is 8.42 Å². The second-order valence-electron chi connectivity index (χ2n) is 4.12. The first-order valence-electron chi connectivity index (χ1n) is 5.35. The van der Waals surface area contributed by atoms with Crippen molar-refractivity contribution in [2.24, 2.45) is 0 Å². The van der Waals surface area contributed by atoms with E-state index < -0.39 is 10.0 Å². The molecule has 1 heterocycles. The second kappa shape index (κ2) is 5.79. The molecule has 0 radical (unpaired) electrons. The molecule has 1 aliphatic rings. The van der Waals surface area contributed by atoms with Gasteiger partial charge in [0.15, 0.2) is 0 Å². The highest BCUT2D eigenvalue weighted by Crippen LogP contribution is 2.04. The zero-order valence-electron chi connectivity index (χ0n) is 9.57. The van der Waals surface area contributed by atoms with Crippen LogP contribution in [0.3, 0.4) is 0 Å². The third kappa shape index (κ3) is 4.46. The van der Waals surface area contributed by atoms with Gasteiger partial charge in [-0.2, -0.15) is 4.31 Å². The standard InChI is InChI=1S/C9H21N3O2S/c1-11(2)7-8-12-6-5-10-4-3-9-15(12,13)14/h10H,3-9H2,1-2H3. The fourth-order valence-corrected chi connectivity index (χ4v) is 3.04. The maximum absolute atomic E-state index is 11.8. The molecule has 0 aromatic rings. The SMILES string of the molecule is CN(C)CCN1CCNCCCS1(=O)=O. The lowest BCUT2D eigenvalue weighted by molar-refractivity contribution is 0.328. The lowest BCUT2D eigenvalue weighted by Crippen LogP contribution is -2.44. The maximum Gasteiger partial charge on any atom is 0.214 e. The van der Waals surface area contributed by atoms with Crippen LogP contribution in [0, 0.1) is 0 Å². The van der Waals surface area contributed by atoms with Crippen molar-refractivity contribution in [3.63, 3.8) is 0 Å². The van der Waals surface area contributed by atoms with E-state index in [1.165, 1.54) is 0 Å². The molecule has 15 heavy (non-hydrogen) atoms. The van der Waals surface area contributed by atoms with Gasteiger partial charge < -0.3 is 10.2 Å². The van der Waals surface area contributed by atoms with Gasteiger partial charge in [0.2, 0.25) is 10.0 Å². The molecule has 0 unspecified atom stereocenters. The van der Waals surface area contributed by atoms with E-state index in [-0.39, 0.29) is 5.75 Å². The molecule has 0 amide bonds. The first-order chi connectivity index (χ1) is 7.02. The highest BCUT2D eigenvalue weighted by molar-refractivity contribution is 7.89. The summed E-state index contributed by atoms with van der Waals surface area (Å²) in [6.07, 6.45) is 0.709. The molecule has 1 N–H and O–H groups in total. The van der Waals surface area contributed by atoms with E-state index in [0.717, 1.165) is 19.6 Å². The average molecular weight is 235 g/mol. The van der Waals surface area contributed by atoms with Gasteiger partial charge in [-0.1, -0.05) is 0 Å². The molecule has 1 rings (SSSR count). The third-order valence-electron chi connectivity index (χ3n) is 2.48. The number of hydrogen-bond donors (Lipinski definition) is 1. The van der Waals surface area contributed by atoms with Gasteiger partial charge in [-0.3, -0.25) is 0 Å². The second-order valence-corrected chi connectivity index (χ2v) is 6.21. The zero-order chi connectivity index (χ0) is 11.3. The van der Waals surface area contributed by atoms with Crippen molar-refractivity contribution in [1.82, 2.24) is 14.5 Å². The molecular formula is C9H21N3O2S. The average Bonchev–Trinajstić information content (AvgIpc) is 2.11. The predicted molar refractivity (Wildman–Crippen MR) is 61.4 cm³/mol. The Kier molecular flexibility index (Phi) is 4.98. The van der Waals surface area contributed by atoms with Crippen LogP contribution in [0.25, 0.3) is 0 Å². The number of nitrogens with zero attached hydrogens (tertiary/aromatic N) is 2. The Morgan fingerprint density at radius 3 is 2.73 bits per heavy atom. The normalized spacial score (nSPS) is 23.7. The molecular weight excluding hydrogens is 214 g/mol. The van der Waals surface area contributed by atoms with Crippen molar-refractivity contribution in [1.29, 1.82) is 0 Å². The Bertz CT molecular complexity index is 277. The van der Waals surface area contributed by atoms with Gasteiger partial charge in [-0.15, -0.1) is 0 Å². The van der Waals surface area contributed by atoms with E-state index in [4.69, 9.17) is 0 Å². The van der Waals surface area contributed by atoms with Crippen LogP contribution in [0.15, 0.2) is 0 Å². The van der Waals surface area contributed by atoms with E-state index >= 15 is 0 Å². The van der Waals surface area contributed by atoms with Gasteiger partial charge in [-0.25, -0.2) is 8.42 Å². The molecule has 0 aromatic heterocycles. The van der Waals surface area contributed by atoms with E-state index in [1.807, 2.05) is 19.0 Å². The molecule has 0 spiro atoms. The Hall–Kier alpha value is -0.170. The number of sulfonamides is 1. The fourth-order valence-electron chi connectivity index (χ4n) is 1.54. The van der Waals surface area contributed by atoms with Crippen LogP contribution in [0.4, 0.5) is 0 Å². The quantitative estimate of drug-likeness (QED) is 0.694. The van der Waals surface area contributed by atoms with Gasteiger partial charge in [-0.05, 0) is 27.1 Å². The summed E-state index contributed by atoms with van der Waals surface area (Å²) < 4.78 is 25.3. The lowest BCUT2D eigenvalue weighted by Gasteiger charge is -2.25. The van der Waals surface area contributed by atoms with Crippen molar-refractivity contribution in [3.8, 4) is 0 Å². The van der Waals surface area contributed by atoms with Crippen LogP contribution in [0.2, 0.25) is 0 Å². The molecule has 1 fully saturated rings. The highest BCUT2D eigenvalue weighted by atomic mass is 32.2. The van der Waals surface area contributed by atoms with Gasteiger partial charge in [0.05, 0.1) is 5.75 Å². The molecule has 0 saturated carbocycles. The van der Waals surface area contributed by atoms with Crippen molar-refractivity contribution < 1.29 is 8.42 Å². The molecule has 6 heteroatoms. The summed E-state index contributed by atoms with van der Waals surface area (Å²) in [7, 11) is 0.894. The largest absolute Gasteiger partial charge is 0.315 e. The predicted octanol–water partition coefficient (Wildman–Crippen LogP) is -0.827. The molecule has 1 aliphatic heterocycles. The van der Waals surface area contributed by atoms with Gasteiger partial charge in [0.25, 0.3) is 0 Å². The van der Waals surface area contributed by atoms with Crippen LogP contribution in [-0.4, -0.2) is 70.2 Å². The number of likely N-dealkylation sites (N-methyl/N-ethyl adjacent to an activating group) is 1. The smallest absolute Gasteiger partial charge is 0.214 e. The summed E-state index contributed by atoms with van der Waals surface area (Å²) in [6, 6.07) is 0. The van der Waals surface area contributed by atoms with Crippen LogP contribution in [-0.2, 0) is 10.0 Å². The molecule has 1 saturated heterocycles. The molecule has 0 aliphatic carbocycles. The fraction of sp³-hybridized carbons (Fsp3) is 1.00. The third-order valence-corrected chi connectivity index (χ3v) is 4.44. The van der Waals surface area contributed by atoms with Gasteiger partial charge >= 0.3 is 0 Å². The minimum atomic E-state index is -3.01. The Morgan fingerprint density at radius 1 is 1.33 bits per heavy atom. The van der Waals surface area contributed by atoms with Crippen molar-refractivity contribution >= 4 is 10.0 Å². The lowest BCUT2D eigenvalue weighted by atomic mass is 10.4. The molecule has 0 atom stereocenters. The van der Waals surface area contributed by atoms with Crippen LogP contribution in [0.5, 0.6) is 0 Å². The minimum Gasteiger partial charge on any atom is -0.315 e. The Labute approximate surface area is 92.5 Å². The van der Waals surface area contributed by atoms with Crippen molar-refractivity contribution in [2.75, 3.05) is 52.6 Å². The summed E-state index contributed by atoms with van der Waals surface area (Å²) in [6.45, 7) is 3.53. The van der Waals surface area contributed by atoms with Gasteiger partial charge in [0.1, 0.15) is 0 Å². The molecule has 90 valence electrons. The minimum absolute atomic E-state index is 0.271. The summed E-state index contributed by atoms with van der Waals surface area (Å²) >= 11 is 0. The van der Waals surface area contributed by atoms with Gasteiger partial charge in [0, 0.05) is 26.2 Å². The summed E-state index contributed by atoms with van der Waals surface area (Å²) in [5.74, 6) is 0.271. The maximum atomic E-state index is 11.8. The molecule has 0 aromatic carbocycles.